The Hall–Kier alpha value is -1.26. The number of benzene rings is 1. The number of hydrogen-bond donors (Lipinski definition) is 2. The van der Waals surface area contributed by atoms with Crippen LogP contribution in [0.2, 0.25) is 5.02 Å². The Morgan fingerprint density at radius 2 is 2.25 bits per heavy atom. The lowest BCUT2D eigenvalue weighted by molar-refractivity contribution is -0.116. The van der Waals surface area contributed by atoms with Crippen molar-refractivity contribution in [3.8, 4) is 0 Å². The van der Waals surface area contributed by atoms with E-state index in [-0.39, 0.29) is 5.91 Å². The Morgan fingerprint density at radius 3 is 2.95 bits per heavy atom. The van der Waals surface area contributed by atoms with Crippen molar-refractivity contribution in [2.24, 2.45) is 5.92 Å². The highest BCUT2D eigenvalue weighted by atomic mass is 35.5. The Bertz CT molecular complexity index is 474. The van der Waals surface area contributed by atoms with Crippen LogP contribution in [0.15, 0.2) is 18.2 Å². The molecule has 0 saturated heterocycles. The number of nitrogens with zero attached hydrogens (tertiary/aromatic N) is 1. The van der Waals surface area contributed by atoms with Crippen molar-refractivity contribution in [3.63, 3.8) is 0 Å². The molecular weight excluding hydrogens is 274 g/mol. The molecule has 0 heterocycles. The minimum absolute atomic E-state index is 0.0150. The fourth-order valence-corrected chi connectivity index (χ4v) is 2.36. The fourth-order valence-electron chi connectivity index (χ4n) is 2.19. The molecule has 1 fully saturated rings. The highest BCUT2D eigenvalue weighted by molar-refractivity contribution is 6.31. The van der Waals surface area contributed by atoms with Gasteiger partial charge in [-0.1, -0.05) is 11.6 Å². The van der Waals surface area contributed by atoms with Crippen molar-refractivity contribution in [3.05, 3.63) is 23.2 Å². The molecule has 0 spiro atoms. The van der Waals surface area contributed by atoms with Crippen molar-refractivity contribution in [2.45, 2.75) is 25.7 Å². The van der Waals surface area contributed by atoms with Crippen LogP contribution in [-0.2, 0) is 4.79 Å². The van der Waals surface area contributed by atoms with Gasteiger partial charge in [0.15, 0.2) is 0 Å². The molecular formula is C15H22ClN3O. The monoisotopic (exact) mass is 295 g/mol. The Balaban J connectivity index is 1.70. The zero-order chi connectivity index (χ0) is 14.5. The maximum atomic E-state index is 11.9. The number of carbonyl (C=O) groups is 1. The summed E-state index contributed by atoms with van der Waals surface area (Å²) in [4.78, 5) is 14.2. The van der Waals surface area contributed by atoms with Crippen molar-refractivity contribution in [1.82, 2.24) is 4.90 Å². The Morgan fingerprint density at radius 1 is 1.50 bits per heavy atom. The summed E-state index contributed by atoms with van der Waals surface area (Å²) in [7, 11) is 2.12. The highest BCUT2D eigenvalue weighted by Gasteiger charge is 2.22. The van der Waals surface area contributed by atoms with Crippen LogP contribution in [0.3, 0.4) is 0 Å². The average Bonchev–Trinajstić information content (AvgIpc) is 3.17. The van der Waals surface area contributed by atoms with Gasteiger partial charge in [0.05, 0.1) is 11.4 Å². The quantitative estimate of drug-likeness (QED) is 0.760. The SMILES string of the molecule is CN(CCCC(=O)Nc1cc(Cl)ccc1N)CC1CC1. The molecule has 4 nitrogen and oxygen atoms in total. The second-order valence-electron chi connectivity index (χ2n) is 5.59. The third-order valence-electron chi connectivity index (χ3n) is 3.50. The molecule has 20 heavy (non-hydrogen) atoms. The smallest absolute Gasteiger partial charge is 0.224 e. The lowest BCUT2D eigenvalue weighted by Crippen LogP contribution is -2.23. The molecule has 1 saturated carbocycles. The lowest BCUT2D eigenvalue weighted by atomic mass is 10.2. The van der Waals surface area contributed by atoms with E-state index >= 15 is 0 Å². The van der Waals surface area contributed by atoms with Gasteiger partial charge >= 0.3 is 0 Å². The summed E-state index contributed by atoms with van der Waals surface area (Å²) in [6, 6.07) is 5.08. The number of anilines is 2. The molecule has 0 radical (unpaired) electrons. The molecule has 0 unspecified atom stereocenters. The van der Waals surface area contributed by atoms with Crippen LogP contribution in [0.25, 0.3) is 0 Å². The molecule has 5 heteroatoms. The Kier molecular flexibility index (Phi) is 5.26. The first-order valence-electron chi connectivity index (χ1n) is 7.08. The highest BCUT2D eigenvalue weighted by Crippen LogP contribution is 2.29. The van der Waals surface area contributed by atoms with Crippen molar-refractivity contribution < 1.29 is 4.79 Å². The normalized spacial score (nSPS) is 14.6. The summed E-state index contributed by atoms with van der Waals surface area (Å²) in [6.45, 7) is 2.11. The van der Waals surface area contributed by atoms with Gasteiger partial charge in [0.25, 0.3) is 0 Å². The van der Waals surface area contributed by atoms with Crippen molar-refractivity contribution in [1.29, 1.82) is 0 Å². The maximum absolute atomic E-state index is 11.9. The number of carbonyl (C=O) groups excluding carboxylic acids is 1. The molecule has 0 atom stereocenters. The first-order valence-corrected chi connectivity index (χ1v) is 7.46. The molecule has 110 valence electrons. The zero-order valence-electron chi connectivity index (χ0n) is 11.9. The zero-order valence-corrected chi connectivity index (χ0v) is 12.6. The van der Waals surface area contributed by atoms with Crippen LogP contribution >= 0.6 is 11.6 Å². The first-order chi connectivity index (χ1) is 9.54. The topological polar surface area (TPSA) is 58.4 Å². The van der Waals surface area contributed by atoms with E-state index < -0.39 is 0 Å². The number of nitrogens with one attached hydrogen (secondary N) is 1. The predicted molar refractivity (Wildman–Crippen MR) is 83.9 cm³/mol. The van der Waals surface area contributed by atoms with Crippen LogP contribution in [0.1, 0.15) is 25.7 Å². The predicted octanol–water partition coefficient (Wildman–Crippen LogP) is 2.98. The third-order valence-corrected chi connectivity index (χ3v) is 3.73. The van der Waals surface area contributed by atoms with E-state index in [2.05, 4.69) is 17.3 Å². The summed E-state index contributed by atoms with van der Waals surface area (Å²) in [6.07, 6.45) is 4.08. The van der Waals surface area contributed by atoms with Crippen molar-refractivity contribution >= 4 is 28.9 Å². The van der Waals surface area contributed by atoms with E-state index in [1.54, 1.807) is 18.2 Å². The second kappa shape index (κ2) is 6.95. The number of rotatable bonds is 7. The summed E-state index contributed by atoms with van der Waals surface area (Å²) >= 11 is 5.89. The molecule has 0 aliphatic heterocycles. The summed E-state index contributed by atoms with van der Waals surface area (Å²) in [5, 5.41) is 3.38. The van der Waals surface area contributed by atoms with E-state index in [0.29, 0.717) is 22.8 Å². The standard InChI is InChI=1S/C15H22ClN3O/c1-19(10-11-4-5-11)8-2-3-15(20)18-14-9-12(16)6-7-13(14)17/h6-7,9,11H,2-5,8,10,17H2,1H3,(H,18,20). The maximum Gasteiger partial charge on any atom is 0.224 e. The van der Waals surface area contributed by atoms with Gasteiger partial charge in [-0.05, 0) is 57.0 Å². The lowest BCUT2D eigenvalue weighted by Gasteiger charge is -2.15. The number of amides is 1. The molecule has 2 rings (SSSR count). The van der Waals surface area contributed by atoms with E-state index in [4.69, 9.17) is 17.3 Å². The Labute approximate surface area is 125 Å². The minimum atomic E-state index is -0.0150. The van der Waals surface area contributed by atoms with Gasteiger partial charge in [-0.3, -0.25) is 4.79 Å². The largest absolute Gasteiger partial charge is 0.397 e. The van der Waals surface area contributed by atoms with Gasteiger partial charge in [-0.15, -0.1) is 0 Å². The van der Waals surface area contributed by atoms with Gasteiger partial charge in [0.2, 0.25) is 5.91 Å². The minimum Gasteiger partial charge on any atom is -0.397 e. The van der Waals surface area contributed by atoms with Gasteiger partial charge in [-0.25, -0.2) is 0 Å². The van der Waals surface area contributed by atoms with Crippen LogP contribution in [-0.4, -0.2) is 30.9 Å². The molecule has 0 bridgehead atoms. The number of nitrogens with two attached hydrogens (primary N) is 1. The summed E-state index contributed by atoms with van der Waals surface area (Å²) < 4.78 is 0. The first kappa shape index (κ1) is 15.1. The van der Waals surface area contributed by atoms with Crippen LogP contribution < -0.4 is 11.1 Å². The van der Waals surface area contributed by atoms with E-state index in [1.807, 2.05) is 0 Å². The summed E-state index contributed by atoms with van der Waals surface area (Å²) in [5.74, 6) is 0.874. The number of halogens is 1. The van der Waals surface area contributed by atoms with Gasteiger partial charge in [0.1, 0.15) is 0 Å². The number of hydrogen-bond acceptors (Lipinski definition) is 3. The molecule has 0 aromatic heterocycles. The molecule has 1 aromatic carbocycles. The van der Waals surface area contributed by atoms with Gasteiger partial charge in [-0.2, -0.15) is 0 Å². The fraction of sp³-hybridized carbons (Fsp3) is 0.533. The molecule has 1 aliphatic rings. The van der Waals surface area contributed by atoms with Crippen molar-refractivity contribution in [2.75, 3.05) is 31.2 Å². The van der Waals surface area contributed by atoms with Gasteiger partial charge in [0, 0.05) is 18.0 Å². The molecule has 1 aromatic rings. The van der Waals surface area contributed by atoms with Crippen LogP contribution in [0.4, 0.5) is 11.4 Å². The average molecular weight is 296 g/mol. The van der Waals surface area contributed by atoms with Gasteiger partial charge < -0.3 is 16.0 Å². The van der Waals surface area contributed by atoms with Crippen LogP contribution in [0.5, 0.6) is 0 Å². The molecule has 1 amide bonds. The molecule has 3 N–H and O–H groups in total. The molecule has 1 aliphatic carbocycles. The van der Waals surface area contributed by atoms with E-state index in [1.165, 1.54) is 12.8 Å². The van der Waals surface area contributed by atoms with E-state index in [9.17, 15) is 4.79 Å². The van der Waals surface area contributed by atoms with E-state index in [0.717, 1.165) is 25.4 Å². The second-order valence-corrected chi connectivity index (χ2v) is 6.03. The third kappa shape index (κ3) is 5.02. The summed E-state index contributed by atoms with van der Waals surface area (Å²) in [5.41, 5.74) is 6.92. The van der Waals surface area contributed by atoms with Crippen LogP contribution in [0, 0.1) is 5.92 Å². The number of nitrogen functional groups attached to an aromatic ring is 1.